The summed E-state index contributed by atoms with van der Waals surface area (Å²) >= 11 is 1.87. The Morgan fingerprint density at radius 2 is 2.10 bits per heavy atom. The number of nitrogens with two attached hydrogens (primary N) is 1. The second-order valence-electron chi connectivity index (χ2n) is 4.86. The lowest BCUT2D eigenvalue weighted by Crippen LogP contribution is -2.36. The molecule has 6 heteroatoms. The van der Waals surface area contributed by atoms with Gasteiger partial charge in [0.05, 0.1) is 0 Å². The minimum Gasteiger partial charge on any atom is -0.492 e. The summed E-state index contributed by atoms with van der Waals surface area (Å²) in [7, 11) is 2.13. The van der Waals surface area contributed by atoms with Gasteiger partial charge >= 0.3 is 0 Å². The zero-order chi connectivity index (χ0) is 15.7. The SMILES string of the molecule is CCC(CSC)N(C)CCOc1ccc(/C(N)=N/O)cc1. The van der Waals surface area contributed by atoms with E-state index >= 15 is 0 Å². The molecular formula is C15H25N3O2S. The molecule has 0 saturated carbocycles. The number of thioether (sulfide) groups is 1. The highest BCUT2D eigenvalue weighted by Gasteiger charge is 2.11. The highest BCUT2D eigenvalue weighted by Crippen LogP contribution is 2.13. The molecule has 118 valence electrons. The molecule has 0 bridgehead atoms. The number of oxime groups is 1. The van der Waals surface area contributed by atoms with Crippen molar-refractivity contribution in [3.05, 3.63) is 29.8 Å². The third kappa shape index (κ3) is 5.85. The summed E-state index contributed by atoms with van der Waals surface area (Å²) in [4.78, 5) is 2.33. The number of rotatable bonds is 9. The van der Waals surface area contributed by atoms with Gasteiger partial charge in [0.2, 0.25) is 0 Å². The number of ether oxygens (including phenoxy) is 1. The number of hydrogen-bond donors (Lipinski definition) is 2. The van der Waals surface area contributed by atoms with E-state index in [0.717, 1.165) is 24.5 Å². The van der Waals surface area contributed by atoms with E-state index in [0.29, 0.717) is 18.2 Å². The van der Waals surface area contributed by atoms with Gasteiger partial charge in [0, 0.05) is 23.9 Å². The first-order valence-electron chi connectivity index (χ1n) is 7.02. The summed E-state index contributed by atoms with van der Waals surface area (Å²) in [6.07, 6.45) is 3.28. The molecule has 21 heavy (non-hydrogen) atoms. The molecule has 3 N–H and O–H groups in total. The molecule has 1 unspecified atom stereocenters. The fraction of sp³-hybridized carbons (Fsp3) is 0.533. The number of nitrogens with zero attached hydrogens (tertiary/aromatic N) is 2. The monoisotopic (exact) mass is 311 g/mol. The van der Waals surface area contributed by atoms with Crippen LogP contribution < -0.4 is 10.5 Å². The van der Waals surface area contributed by atoms with E-state index in [1.807, 2.05) is 23.9 Å². The number of hydrogen-bond acceptors (Lipinski definition) is 5. The van der Waals surface area contributed by atoms with Crippen LogP contribution in [0.15, 0.2) is 29.4 Å². The van der Waals surface area contributed by atoms with Crippen molar-refractivity contribution in [2.75, 3.05) is 32.2 Å². The third-order valence-corrected chi connectivity index (χ3v) is 4.14. The smallest absolute Gasteiger partial charge is 0.170 e. The summed E-state index contributed by atoms with van der Waals surface area (Å²) in [6.45, 7) is 3.75. The summed E-state index contributed by atoms with van der Waals surface area (Å²) < 4.78 is 5.73. The van der Waals surface area contributed by atoms with Crippen LogP contribution in [0, 0.1) is 0 Å². The lowest BCUT2D eigenvalue weighted by molar-refractivity contribution is 0.199. The maximum Gasteiger partial charge on any atom is 0.170 e. The average Bonchev–Trinajstić information content (AvgIpc) is 2.52. The topological polar surface area (TPSA) is 71.1 Å². The molecule has 1 aromatic carbocycles. The predicted molar refractivity (Wildman–Crippen MR) is 89.5 cm³/mol. The summed E-state index contributed by atoms with van der Waals surface area (Å²) in [6, 6.07) is 7.79. The van der Waals surface area contributed by atoms with Crippen LogP contribution in [0.5, 0.6) is 5.75 Å². The van der Waals surface area contributed by atoms with E-state index in [1.54, 1.807) is 12.1 Å². The van der Waals surface area contributed by atoms with Gasteiger partial charge in [0.1, 0.15) is 12.4 Å². The van der Waals surface area contributed by atoms with Crippen molar-refractivity contribution in [2.24, 2.45) is 10.9 Å². The van der Waals surface area contributed by atoms with Gasteiger partial charge in [-0.05, 0) is 44.0 Å². The van der Waals surface area contributed by atoms with Crippen LogP contribution in [0.1, 0.15) is 18.9 Å². The predicted octanol–water partition coefficient (Wildman–Crippen LogP) is 2.23. The zero-order valence-electron chi connectivity index (χ0n) is 13.0. The second kappa shape index (κ2) is 9.52. The Hall–Kier alpha value is -1.40. The molecule has 0 aliphatic carbocycles. The first kappa shape index (κ1) is 17.7. The van der Waals surface area contributed by atoms with E-state index in [1.165, 1.54) is 0 Å². The molecule has 0 aliphatic heterocycles. The van der Waals surface area contributed by atoms with Gasteiger partial charge in [-0.2, -0.15) is 11.8 Å². The van der Waals surface area contributed by atoms with Crippen LogP contribution in [0.25, 0.3) is 0 Å². The molecule has 0 radical (unpaired) electrons. The standard InChI is InChI=1S/C15H25N3O2S/c1-4-13(11-21-3)18(2)9-10-20-14-7-5-12(6-8-14)15(16)17-19/h5-8,13,19H,4,9-11H2,1-3H3,(H2,16,17). The first-order chi connectivity index (χ1) is 10.1. The lowest BCUT2D eigenvalue weighted by atomic mass is 10.2. The van der Waals surface area contributed by atoms with Crippen molar-refractivity contribution >= 4 is 17.6 Å². The molecule has 0 heterocycles. The van der Waals surface area contributed by atoms with Crippen molar-refractivity contribution < 1.29 is 9.94 Å². The van der Waals surface area contributed by atoms with Gasteiger partial charge in [0.25, 0.3) is 0 Å². The molecule has 0 amide bonds. The first-order valence-corrected chi connectivity index (χ1v) is 8.41. The van der Waals surface area contributed by atoms with Crippen molar-refractivity contribution in [3.63, 3.8) is 0 Å². The fourth-order valence-electron chi connectivity index (χ4n) is 2.02. The summed E-state index contributed by atoms with van der Waals surface area (Å²) in [5, 5.41) is 11.6. The molecular weight excluding hydrogens is 286 g/mol. The Balaban J connectivity index is 2.42. The van der Waals surface area contributed by atoms with E-state index in [9.17, 15) is 0 Å². The molecule has 1 atom stereocenters. The number of benzene rings is 1. The molecule has 1 rings (SSSR count). The molecule has 0 saturated heterocycles. The Kier molecular flexibility index (Phi) is 8.00. The van der Waals surface area contributed by atoms with Crippen LogP contribution in [0.3, 0.4) is 0 Å². The zero-order valence-corrected chi connectivity index (χ0v) is 13.8. The Morgan fingerprint density at radius 1 is 1.43 bits per heavy atom. The minimum atomic E-state index is 0.101. The van der Waals surface area contributed by atoms with E-state index in [2.05, 4.69) is 30.3 Å². The maximum absolute atomic E-state index is 8.60. The molecule has 1 aromatic rings. The van der Waals surface area contributed by atoms with Crippen molar-refractivity contribution in [3.8, 4) is 5.75 Å². The third-order valence-electron chi connectivity index (χ3n) is 3.42. The van der Waals surface area contributed by atoms with Crippen molar-refractivity contribution in [1.29, 1.82) is 0 Å². The van der Waals surface area contributed by atoms with Crippen LogP contribution in [-0.4, -0.2) is 54.2 Å². The quantitative estimate of drug-likeness (QED) is 0.317. The fourth-order valence-corrected chi connectivity index (χ4v) is 2.89. The highest BCUT2D eigenvalue weighted by atomic mass is 32.2. The van der Waals surface area contributed by atoms with Gasteiger partial charge in [-0.1, -0.05) is 12.1 Å². The van der Waals surface area contributed by atoms with Gasteiger partial charge in [0.15, 0.2) is 5.84 Å². The number of likely N-dealkylation sites (N-methyl/N-ethyl adjacent to an activating group) is 1. The van der Waals surface area contributed by atoms with Gasteiger partial charge in [-0.25, -0.2) is 0 Å². The van der Waals surface area contributed by atoms with Crippen LogP contribution in [0.4, 0.5) is 0 Å². The normalized spacial score (nSPS) is 13.4. The lowest BCUT2D eigenvalue weighted by Gasteiger charge is -2.26. The van der Waals surface area contributed by atoms with Crippen molar-refractivity contribution in [1.82, 2.24) is 4.90 Å². The summed E-state index contributed by atoms with van der Waals surface area (Å²) in [5.74, 6) is 2.03. The summed E-state index contributed by atoms with van der Waals surface area (Å²) in [5.41, 5.74) is 6.19. The van der Waals surface area contributed by atoms with Crippen LogP contribution in [-0.2, 0) is 0 Å². The molecule has 0 fully saturated rings. The van der Waals surface area contributed by atoms with Crippen LogP contribution >= 0.6 is 11.8 Å². The maximum atomic E-state index is 8.60. The molecule has 0 aliphatic rings. The Labute approximate surface area is 131 Å². The minimum absolute atomic E-state index is 0.101. The second-order valence-corrected chi connectivity index (χ2v) is 5.77. The van der Waals surface area contributed by atoms with E-state index in [4.69, 9.17) is 15.7 Å². The van der Waals surface area contributed by atoms with Crippen LogP contribution in [0.2, 0.25) is 0 Å². The van der Waals surface area contributed by atoms with Gasteiger partial charge in [-0.3, -0.25) is 4.90 Å². The Morgan fingerprint density at radius 3 is 2.62 bits per heavy atom. The van der Waals surface area contributed by atoms with Crippen molar-refractivity contribution in [2.45, 2.75) is 19.4 Å². The number of amidine groups is 1. The molecule has 0 spiro atoms. The molecule has 0 aromatic heterocycles. The van der Waals surface area contributed by atoms with E-state index in [-0.39, 0.29) is 5.84 Å². The van der Waals surface area contributed by atoms with E-state index < -0.39 is 0 Å². The molecule has 5 nitrogen and oxygen atoms in total. The van der Waals surface area contributed by atoms with Gasteiger partial charge in [-0.15, -0.1) is 0 Å². The van der Waals surface area contributed by atoms with Gasteiger partial charge < -0.3 is 15.7 Å². The largest absolute Gasteiger partial charge is 0.492 e. The highest BCUT2D eigenvalue weighted by molar-refractivity contribution is 7.98. The Bertz CT molecular complexity index is 437. The average molecular weight is 311 g/mol.